The molecule has 2 rings (SSSR count). The van der Waals surface area contributed by atoms with Gasteiger partial charge < -0.3 is 15.5 Å². The number of nitrogens with one attached hydrogen (secondary N) is 1. The summed E-state index contributed by atoms with van der Waals surface area (Å²) < 4.78 is 0. The molecule has 1 aromatic heterocycles. The third-order valence-electron chi connectivity index (χ3n) is 3.19. The van der Waals surface area contributed by atoms with Crippen molar-refractivity contribution in [3.63, 3.8) is 0 Å². The summed E-state index contributed by atoms with van der Waals surface area (Å²) in [5.41, 5.74) is -1.77. The van der Waals surface area contributed by atoms with Gasteiger partial charge in [0.05, 0.1) is 10.5 Å². The van der Waals surface area contributed by atoms with E-state index in [1.807, 2.05) is 0 Å². The highest BCUT2D eigenvalue weighted by molar-refractivity contribution is 5.93. The second-order valence-electron chi connectivity index (χ2n) is 4.58. The Morgan fingerprint density at radius 1 is 1.58 bits per heavy atom. The van der Waals surface area contributed by atoms with Crippen LogP contribution in [0.4, 0.5) is 11.5 Å². The van der Waals surface area contributed by atoms with Gasteiger partial charge in [0, 0.05) is 12.6 Å². The van der Waals surface area contributed by atoms with Crippen molar-refractivity contribution in [2.45, 2.75) is 24.9 Å². The molecular formula is C11H13N3O5. The number of carboxylic acid groups (broad SMARTS) is 1. The molecule has 1 aliphatic carbocycles. The molecule has 0 spiro atoms. The predicted octanol–water partition coefficient (Wildman–Crippen LogP) is 1.01. The average molecular weight is 267 g/mol. The Morgan fingerprint density at radius 2 is 2.26 bits per heavy atom. The maximum Gasteiger partial charge on any atom is 0.342 e. The highest BCUT2D eigenvalue weighted by Gasteiger charge is 2.34. The van der Waals surface area contributed by atoms with Crippen LogP contribution in [0.2, 0.25) is 0 Å². The molecule has 0 bridgehead atoms. The molecule has 1 fully saturated rings. The van der Waals surface area contributed by atoms with Crippen LogP contribution in [0.3, 0.4) is 0 Å². The number of nitrogens with zero attached hydrogens (tertiary/aromatic N) is 2. The van der Waals surface area contributed by atoms with Gasteiger partial charge in [-0.1, -0.05) is 0 Å². The molecule has 8 heteroatoms. The molecule has 1 aliphatic rings. The Balaban J connectivity index is 2.16. The number of nitro groups is 1. The predicted molar refractivity (Wildman–Crippen MR) is 65.1 cm³/mol. The lowest BCUT2D eigenvalue weighted by atomic mass is 9.80. The van der Waals surface area contributed by atoms with Crippen molar-refractivity contribution in [1.29, 1.82) is 0 Å². The fraction of sp³-hybridized carbons (Fsp3) is 0.455. The van der Waals surface area contributed by atoms with Crippen LogP contribution in [0.1, 0.15) is 29.6 Å². The molecule has 0 saturated heterocycles. The summed E-state index contributed by atoms with van der Waals surface area (Å²) >= 11 is 0. The van der Waals surface area contributed by atoms with Crippen molar-refractivity contribution in [2.24, 2.45) is 0 Å². The molecule has 8 nitrogen and oxygen atoms in total. The summed E-state index contributed by atoms with van der Waals surface area (Å²) in [6.45, 7) is 0.247. The molecule has 0 amide bonds. The number of aromatic carboxylic acids is 1. The van der Waals surface area contributed by atoms with E-state index in [1.54, 1.807) is 0 Å². The monoisotopic (exact) mass is 267 g/mol. The van der Waals surface area contributed by atoms with Gasteiger partial charge in [0.15, 0.2) is 0 Å². The summed E-state index contributed by atoms with van der Waals surface area (Å²) in [6, 6.07) is 1.10. The van der Waals surface area contributed by atoms with Gasteiger partial charge in [0.1, 0.15) is 17.6 Å². The van der Waals surface area contributed by atoms with Crippen LogP contribution < -0.4 is 5.32 Å². The third kappa shape index (κ3) is 2.79. The Kier molecular flexibility index (Phi) is 3.34. The van der Waals surface area contributed by atoms with Gasteiger partial charge in [-0.05, 0) is 19.3 Å². The number of rotatable bonds is 5. The largest absolute Gasteiger partial charge is 0.477 e. The molecule has 102 valence electrons. The molecule has 3 N–H and O–H groups in total. The van der Waals surface area contributed by atoms with Gasteiger partial charge in [-0.15, -0.1) is 0 Å². The zero-order chi connectivity index (χ0) is 14.0. The van der Waals surface area contributed by atoms with E-state index < -0.39 is 27.7 Å². The number of carbonyl (C=O) groups is 1. The molecule has 1 saturated carbocycles. The molecule has 1 heterocycles. The van der Waals surface area contributed by atoms with Crippen LogP contribution in [0.25, 0.3) is 0 Å². The number of hydrogen-bond acceptors (Lipinski definition) is 6. The highest BCUT2D eigenvalue weighted by atomic mass is 16.6. The van der Waals surface area contributed by atoms with E-state index >= 15 is 0 Å². The topological polar surface area (TPSA) is 126 Å². The molecule has 0 aromatic carbocycles. The van der Waals surface area contributed by atoms with Gasteiger partial charge in [-0.2, -0.15) is 0 Å². The second kappa shape index (κ2) is 4.81. The summed E-state index contributed by atoms with van der Waals surface area (Å²) in [5, 5.41) is 32.2. The van der Waals surface area contributed by atoms with Crippen LogP contribution >= 0.6 is 0 Å². The van der Waals surface area contributed by atoms with Crippen molar-refractivity contribution in [3.05, 3.63) is 27.9 Å². The first-order valence-corrected chi connectivity index (χ1v) is 5.75. The lowest BCUT2D eigenvalue weighted by Crippen LogP contribution is -2.43. The van der Waals surface area contributed by atoms with Crippen LogP contribution in [-0.4, -0.2) is 38.2 Å². The van der Waals surface area contributed by atoms with E-state index in [-0.39, 0.29) is 12.4 Å². The van der Waals surface area contributed by atoms with Gasteiger partial charge in [0.25, 0.3) is 0 Å². The Hall–Kier alpha value is -2.22. The SMILES string of the molecule is O=C(O)c1cc(NCC2(O)CCC2)ncc1[N+](=O)[O-]. The summed E-state index contributed by atoms with van der Waals surface area (Å²) in [5.74, 6) is -1.19. The fourth-order valence-corrected chi connectivity index (χ4v) is 1.88. The van der Waals surface area contributed by atoms with Gasteiger partial charge >= 0.3 is 11.7 Å². The zero-order valence-electron chi connectivity index (χ0n) is 10.00. The Morgan fingerprint density at radius 3 is 2.74 bits per heavy atom. The Bertz CT molecular complexity index is 527. The molecule has 1 aromatic rings. The summed E-state index contributed by atoms with van der Waals surface area (Å²) in [6.07, 6.45) is 3.21. The summed E-state index contributed by atoms with van der Waals surface area (Å²) in [4.78, 5) is 24.6. The minimum Gasteiger partial charge on any atom is -0.477 e. The molecular weight excluding hydrogens is 254 g/mol. The van der Waals surface area contributed by atoms with Crippen molar-refractivity contribution in [1.82, 2.24) is 4.98 Å². The van der Waals surface area contributed by atoms with Crippen molar-refractivity contribution < 1.29 is 19.9 Å². The first-order chi connectivity index (χ1) is 8.91. The normalized spacial score (nSPS) is 16.5. The maximum absolute atomic E-state index is 10.9. The third-order valence-corrected chi connectivity index (χ3v) is 3.19. The van der Waals surface area contributed by atoms with Crippen LogP contribution in [0.5, 0.6) is 0 Å². The molecule has 0 atom stereocenters. The van der Waals surface area contributed by atoms with Crippen LogP contribution in [0, 0.1) is 10.1 Å². The van der Waals surface area contributed by atoms with E-state index in [0.717, 1.165) is 18.7 Å². The van der Waals surface area contributed by atoms with Crippen LogP contribution in [-0.2, 0) is 0 Å². The lowest BCUT2D eigenvalue weighted by Gasteiger charge is -2.36. The smallest absolute Gasteiger partial charge is 0.342 e. The molecule has 0 radical (unpaired) electrons. The van der Waals surface area contributed by atoms with Crippen molar-refractivity contribution in [2.75, 3.05) is 11.9 Å². The molecule has 0 aliphatic heterocycles. The fourth-order valence-electron chi connectivity index (χ4n) is 1.88. The highest BCUT2D eigenvalue weighted by Crippen LogP contribution is 2.31. The van der Waals surface area contributed by atoms with Gasteiger partial charge in [-0.3, -0.25) is 10.1 Å². The molecule has 0 unspecified atom stereocenters. The second-order valence-corrected chi connectivity index (χ2v) is 4.58. The number of aliphatic hydroxyl groups is 1. The standard InChI is InChI=1S/C11H13N3O5/c15-10(16)7-4-9(12-5-8(7)14(18)19)13-6-11(17)2-1-3-11/h4-5,17H,1-3,6H2,(H,12,13)(H,15,16). The number of aromatic nitrogens is 1. The number of carboxylic acids is 1. The average Bonchev–Trinajstić information content (AvgIpc) is 2.33. The zero-order valence-corrected chi connectivity index (χ0v) is 10.00. The van der Waals surface area contributed by atoms with Crippen molar-refractivity contribution >= 4 is 17.5 Å². The quantitative estimate of drug-likeness (QED) is 0.537. The Labute approximate surface area is 108 Å². The number of pyridine rings is 1. The molecule has 19 heavy (non-hydrogen) atoms. The minimum atomic E-state index is -1.39. The number of anilines is 1. The summed E-state index contributed by atoms with van der Waals surface area (Å²) in [7, 11) is 0. The van der Waals surface area contributed by atoms with Gasteiger partial charge in [0.2, 0.25) is 0 Å². The van der Waals surface area contributed by atoms with E-state index in [9.17, 15) is 20.0 Å². The number of hydrogen-bond donors (Lipinski definition) is 3. The first-order valence-electron chi connectivity index (χ1n) is 5.75. The van der Waals surface area contributed by atoms with Gasteiger partial charge in [-0.25, -0.2) is 9.78 Å². The van der Waals surface area contributed by atoms with E-state index in [4.69, 9.17) is 5.11 Å². The van der Waals surface area contributed by atoms with Crippen LogP contribution in [0.15, 0.2) is 12.3 Å². The van der Waals surface area contributed by atoms with Crippen molar-refractivity contribution in [3.8, 4) is 0 Å². The van der Waals surface area contributed by atoms with E-state index in [2.05, 4.69) is 10.3 Å². The first kappa shape index (κ1) is 13.2. The van der Waals surface area contributed by atoms with E-state index in [0.29, 0.717) is 12.8 Å². The maximum atomic E-state index is 10.9. The lowest BCUT2D eigenvalue weighted by molar-refractivity contribution is -0.385. The minimum absolute atomic E-state index is 0.198. The van der Waals surface area contributed by atoms with E-state index in [1.165, 1.54) is 0 Å².